The quantitative estimate of drug-likeness (QED) is 0.0257. The second-order valence-corrected chi connectivity index (χ2v) is 16.9. The molecule has 0 unspecified atom stereocenters. The van der Waals surface area contributed by atoms with Crippen molar-refractivity contribution in [3.63, 3.8) is 0 Å². The van der Waals surface area contributed by atoms with Gasteiger partial charge in [-0.2, -0.15) is 0 Å². The number of nitrogens with zero attached hydrogens (tertiary/aromatic N) is 1. The molecule has 2 bridgehead atoms. The Morgan fingerprint density at radius 2 is 1.73 bits per heavy atom. The standard InChI is InChI=1S/C31H58BN7O8S/c1-7-48(44,45)35-17-12-10-8-9-11-15-27(40)36-23(14-13-16-34-29(33)38-39(42)43)28(41)37-26(18-21(2)3)32-46-25-20-22-19-24(30(22,4)5)31(25,6)47-32/h21-26,35H,7-20H2,1-6H3,(H,36,40)(H,37,41)(H3,33,34,38)/t22-,23-,24-,25+,26-,31-/m0/s1. The lowest BCUT2D eigenvalue weighted by Gasteiger charge is -2.64. The van der Waals surface area contributed by atoms with Gasteiger partial charge in [0.1, 0.15) is 6.04 Å². The molecule has 0 radical (unpaired) electrons. The van der Waals surface area contributed by atoms with E-state index in [9.17, 15) is 28.1 Å². The maximum Gasteiger partial charge on any atom is 0.481 e. The SMILES string of the molecule is CCS(=O)(=O)NCCCCCCCC(=O)N[C@@H](CCCNC(=N)N[N+](=O)[O-])C(=O)N[C@@H](CC(C)C)B1O[C@@H]2C[C@@H]3C[C@@H](C3(C)C)[C@]2(C)O1. The summed E-state index contributed by atoms with van der Waals surface area (Å²) in [5.41, 5.74) is 1.50. The summed E-state index contributed by atoms with van der Waals surface area (Å²) in [6, 6.07) is -0.857. The number of amides is 2. The van der Waals surface area contributed by atoms with Gasteiger partial charge in [-0.3, -0.25) is 15.0 Å². The van der Waals surface area contributed by atoms with Crippen LogP contribution in [0.25, 0.3) is 0 Å². The number of nitrogens with one attached hydrogen (secondary N) is 6. The lowest BCUT2D eigenvalue weighted by atomic mass is 9.43. The van der Waals surface area contributed by atoms with Crippen molar-refractivity contribution in [3.05, 3.63) is 10.1 Å². The first-order valence-electron chi connectivity index (χ1n) is 17.6. The molecule has 0 aromatic rings. The minimum Gasteiger partial charge on any atom is -0.404 e. The third-order valence-corrected chi connectivity index (χ3v) is 11.9. The normalized spacial score (nSPS) is 25.4. The number of carbonyl (C=O) groups excluding carboxylic acids is 2. The van der Waals surface area contributed by atoms with E-state index >= 15 is 0 Å². The van der Waals surface area contributed by atoms with Crippen molar-refractivity contribution >= 4 is 34.9 Å². The van der Waals surface area contributed by atoms with Crippen molar-refractivity contribution in [1.29, 1.82) is 5.41 Å². The van der Waals surface area contributed by atoms with Gasteiger partial charge in [-0.25, -0.2) is 23.3 Å². The molecule has 1 aliphatic heterocycles. The highest BCUT2D eigenvalue weighted by molar-refractivity contribution is 7.89. The van der Waals surface area contributed by atoms with Gasteiger partial charge in [0.25, 0.3) is 5.96 Å². The Kier molecular flexibility index (Phi) is 14.5. The Bertz CT molecular complexity index is 1240. The number of carbonyl (C=O) groups is 2. The lowest BCUT2D eigenvalue weighted by molar-refractivity contribution is -0.525. The molecule has 3 aliphatic carbocycles. The summed E-state index contributed by atoms with van der Waals surface area (Å²) in [5.74, 6) is -0.209. The molecule has 4 aliphatic rings. The molecular weight excluding hydrogens is 641 g/mol. The summed E-state index contributed by atoms with van der Waals surface area (Å²) in [6.07, 6.45) is 7.36. The van der Waals surface area contributed by atoms with E-state index in [0.717, 1.165) is 38.5 Å². The fraction of sp³-hybridized carbons (Fsp3) is 0.903. The number of hydrogen-bond acceptors (Lipinski definition) is 9. The van der Waals surface area contributed by atoms with E-state index in [2.05, 4.69) is 55.3 Å². The van der Waals surface area contributed by atoms with Gasteiger partial charge >= 0.3 is 7.12 Å². The molecular formula is C31H58BN7O8S. The largest absolute Gasteiger partial charge is 0.481 e. The van der Waals surface area contributed by atoms with Crippen LogP contribution in [0.2, 0.25) is 0 Å². The van der Waals surface area contributed by atoms with E-state index in [0.29, 0.717) is 37.6 Å². The predicted molar refractivity (Wildman–Crippen MR) is 184 cm³/mol. The Labute approximate surface area is 286 Å². The van der Waals surface area contributed by atoms with Crippen LogP contribution < -0.4 is 26.1 Å². The fourth-order valence-corrected chi connectivity index (χ4v) is 8.22. The molecule has 274 valence electrons. The van der Waals surface area contributed by atoms with Crippen LogP contribution in [-0.4, -0.2) is 80.9 Å². The first-order valence-corrected chi connectivity index (χ1v) is 19.3. The number of guanidine groups is 1. The van der Waals surface area contributed by atoms with Crippen LogP contribution in [0.5, 0.6) is 0 Å². The highest BCUT2D eigenvalue weighted by Gasteiger charge is 2.68. The van der Waals surface area contributed by atoms with Crippen molar-refractivity contribution in [2.75, 3.05) is 18.8 Å². The highest BCUT2D eigenvalue weighted by atomic mass is 32.2. The van der Waals surface area contributed by atoms with Gasteiger partial charge in [0, 0.05) is 19.5 Å². The molecule has 0 aromatic carbocycles. The average molecular weight is 700 g/mol. The van der Waals surface area contributed by atoms with Crippen molar-refractivity contribution in [2.24, 2.45) is 23.2 Å². The van der Waals surface area contributed by atoms with Crippen LogP contribution in [0, 0.1) is 38.7 Å². The number of rotatable bonds is 21. The zero-order chi connectivity index (χ0) is 35.7. The molecule has 0 aromatic heterocycles. The Hall–Kier alpha value is -2.50. The van der Waals surface area contributed by atoms with E-state index in [4.69, 9.17) is 14.7 Å². The molecule has 1 saturated heterocycles. The molecule has 6 N–H and O–H groups in total. The van der Waals surface area contributed by atoms with Crippen molar-refractivity contribution in [3.8, 4) is 0 Å². The molecule has 15 nitrogen and oxygen atoms in total. The zero-order valence-electron chi connectivity index (χ0n) is 29.6. The van der Waals surface area contributed by atoms with E-state index in [1.165, 1.54) is 0 Å². The van der Waals surface area contributed by atoms with E-state index in [1.807, 2.05) is 0 Å². The first kappa shape index (κ1) is 39.9. The van der Waals surface area contributed by atoms with Gasteiger partial charge in [-0.05, 0) is 82.0 Å². The average Bonchev–Trinajstić information content (AvgIpc) is 3.36. The number of hydrogen-bond donors (Lipinski definition) is 6. The minimum atomic E-state index is -3.19. The van der Waals surface area contributed by atoms with Crippen molar-refractivity contribution < 1.29 is 32.3 Å². The van der Waals surface area contributed by atoms with Gasteiger partial charge in [0.05, 0.1) is 23.4 Å². The van der Waals surface area contributed by atoms with Crippen molar-refractivity contribution in [1.82, 2.24) is 26.1 Å². The zero-order valence-corrected chi connectivity index (χ0v) is 30.4. The third-order valence-electron chi connectivity index (χ3n) is 10.5. The number of sulfonamides is 1. The maximum atomic E-state index is 13.8. The molecule has 1 heterocycles. The summed E-state index contributed by atoms with van der Waals surface area (Å²) in [5, 5.41) is 26.0. The van der Waals surface area contributed by atoms with Crippen molar-refractivity contribution in [2.45, 2.75) is 136 Å². The molecule has 17 heteroatoms. The third kappa shape index (κ3) is 11.0. The Balaban J connectivity index is 1.56. The van der Waals surface area contributed by atoms with Gasteiger partial charge in [-0.1, -0.05) is 52.4 Å². The molecule has 2 amide bonds. The van der Waals surface area contributed by atoms with E-state index < -0.39 is 45.7 Å². The topological polar surface area (TPSA) is 214 Å². The fourth-order valence-electron chi connectivity index (χ4n) is 7.56. The second-order valence-electron chi connectivity index (χ2n) is 14.8. The lowest BCUT2D eigenvalue weighted by Crippen LogP contribution is -2.65. The Morgan fingerprint density at radius 1 is 1.04 bits per heavy atom. The molecule has 3 saturated carbocycles. The molecule has 6 atom stereocenters. The smallest absolute Gasteiger partial charge is 0.404 e. The van der Waals surface area contributed by atoms with Gasteiger partial charge in [0.15, 0.2) is 5.03 Å². The van der Waals surface area contributed by atoms with Crippen LogP contribution >= 0.6 is 0 Å². The highest BCUT2D eigenvalue weighted by Crippen LogP contribution is 2.65. The number of hydrazine groups is 1. The van der Waals surface area contributed by atoms with Crippen LogP contribution in [0.15, 0.2) is 0 Å². The summed E-state index contributed by atoms with van der Waals surface area (Å²) in [7, 11) is -3.80. The summed E-state index contributed by atoms with van der Waals surface area (Å²) in [4.78, 5) is 37.4. The Morgan fingerprint density at radius 3 is 2.38 bits per heavy atom. The molecule has 4 rings (SSSR count). The first-order chi connectivity index (χ1) is 22.5. The predicted octanol–water partition coefficient (Wildman–Crippen LogP) is 2.64. The second kappa shape index (κ2) is 17.4. The van der Waals surface area contributed by atoms with Crippen LogP contribution in [0.1, 0.15) is 112 Å². The minimum absolute atomic E-state index is 0.0313. The van der Waals surface area contributed by atoms with Gasteiger partial charge in [-0.15, -0.1) is 0 Å². The van der Waals surface area contributed by atoms with Crippen LogP contribution in [0.4, 0.5) is 0 Å². The molecule has 0 spiro atoms. The maximum absolute atomic E-state index is 13.8. The van der Waals surface area contributed by atoms with Gasteiger partial charge < -0.3 is 25.3 Å². The molecule has 48 heavy (non-hydrogen) atoms. The van der Waals surface area contributed by atoms with Crippen LogP contribution in [0.3, 0.4) is 0 Å². The number of unbranched alkanes of at least 4 members (excludes halogenated alkanes) is 4. The van der Waals surface area contributed by atoms with E-state index in [1.54, 1.807) is 12.3 Å². The molecule has 4 fully saturated rings. The summed E-state index contributed by atoms with van der Waals surface area (Å²) in [6.45, 7) is 13.1. The monoisotopic (exact) mass is 699 g/mol. The van der Waals surface area contributed by atoms with Gasteiger partial charge in [0.2, 0.25) is 21.8 Å². The van der Waals surface area contributed by atoms with E-state index in [-0.39, 0.29) is 54.4 Å². The summed E-state index contributed by atoms with van der Waals surface area (Å²) >= 11 is 0. The van der Waals surface area contributed by atoms with Crippen LogP contribution in [-0.2, 0) is 28.9 Å². The number of nitro groups is 1. The summed E-state index contributed by atoms with van der Waals surface area (Å²) < 4.78 is 38.8.